The number of piperazine rings is 1. The molecule has 3 N–H and O–H groups in total. The molecule has 0 aliphatic carbocycles. The van der Waals surface area contributed by atoms with Gasteiger partial charge in [0.15, 0.2) is 11.5 Å². The number of carbonyl (C=O) groups is 1. The lowest BCUT2D eigenvalue weighted by atomic mass is 10.1. The molecule has 2 aliphatic heterocycles. The van der Waals surface area contributed by atoms with Crippen molar-refractivity contribution in [3.8, 4) is 11.5 Å². The Labute approximate surface area is 169 Å². The van der Waals surface area contributed by atoms with E-state index in [0.29, 0.717) is 31.2 Å². The van der Waals surface area contributed by atoms with E-state index in [4.69, 9.17) is 9.47 Å². The molecule has 0 bridgehead atoms. The van der Waals surface area contributed by atoms with E-state index in [-0.39, 0.29) is 18.7 Å². The van der Waals surface area contributed by atoms with Crippen LogP contribution in [0.2, 0.25) is 0 Å². The summed E-state index contributed by atoms with van der Waals surface area (Å²) in [5.41, 5.74) is 0.970. The maximum absolute atomic E-state index is 12.6. The van der Waals surface area contributed by atoms with Crippen LogP contribution in [-0.4, -0.2) is 48.3 Å². The largest absolute Gasteiger partial charge is 0.454 e. The number of anilines is 2. The van der Waals surface area contributed by atoms with Gasteiger partial charge < -0.3 is 30.3 Å². The summed E-state index contributed by atoms with van der Waals surface area (Å²) >= 11 is 0. The second kappa shape index (κ2) is 8.78. The number of rotatable bonds is 7. The van der Waals surface area contributed by atoms with Gasteiger partial charge in [0.05, 0.1) is 6.04 Å². The van der Waals surface area contributed by atoms with Crippen LogP contribution < -0.4 is 30.3 Å². The van der Waals surface area contributed by atoms with Gasteiger partial charge in [0, 0.05) is 38.8 Å². The summed E-state index contributed by atoms with van der Waals surface area (Å²) in [6.07, 6.45) is 3.61. The monoisotopic (exact) mass is 396 g/mol. The predicted octanol–water partition coefficient (Wildman–Crippen LogP) is 1.25. The highest BCUT2D eigenvalue weighted by Crippen LogP contribution is 2.32. The van der Waals surface area contributed by atoms with Crippen molar-refractivity contribution in [3.05, 3.63) is 48.8 Å². The van der Waals surface area contributed by atoms with E-state index in [1.807, 2.05) is 24.3 Å². The molecule has 1 unspecified atom stereocenters. The lowest BCUT2D eigenvalue weighted by Crippen LogP contribution is -2.53. The average molecular weight is 396 g/mol. The summed E-state index contributed by atoms with van der Waals surface area (Å²) in [6, 6.07) is 7.55. The molecule has 0 spiro atoms. The van der Waals surface area contributed by atoms with E-state index >= 15 is 0 Å². The highest BCUT2D eigenvalue weighted by atomic mass is 16.7. The topological polar surface area (TPSA) is 101 Å². The average Bonchev–Trinajstić information content (AvgIpc) is 3.21. The Morgan fingerprint density at radius 3 is 3.14 bits per heavy atom. The number of aromatic nitrogens is 2. The second-order valence-corrected chi connectivity index (χ2v) is 6.81. The van der Waals surface area contributed by atoms with Crippen molar-refractivity contribution in [1.82, 2.24) is 20.6 Å². The molecule has 1 atom stereocenters. The Hall–Kier alpha value is -3.33. The maximum Gasteiger partial charge on any atom is 0.231 e. The van der Waals surface area contributed by atoms with Crippen LogP contribution >= 0.6 is 0 Å². The number of fused-ring (bicyclic) bond motifs is 1. The van der Waals surface area contributed by atoms with E-state index in [0.717, 1.165) is 30.2 Å². The Bertz CT molecular complexity index is 890. The maximum atomic E-state index is 12.6. The quantitative estimate of drug-likeness (QED) is 0.643. The number of nitrogens with one attached hydrogen (secondary N) is 3. The zero-order chi connectivity index (χ0) is 20.1. The second-order valence-electron chi connectivity index (χ2n) is 6.81. The molecule has 9 heteroatoms. The highest BCUT2D eigenvalue weighted by Gasteiger charge is 2.26. The zero-order valence-electron chi connectivity index (χ0n) is 16.1. The molecule has 1 amide bonds. The first kappa shape index (κ1) is 19.0. The lowest BCUT2D eigenvalue weighted by molar-refractivity contribution is -0.121. The molecular weight excluding hydrogens is 372 g/mol. The molecular formula is C20H24N6O3. The van der Waals surface area contributed by atoms with Crippen LogP contribution in [0.4, 0.5) is 11.8 Å². The van der Waals surface area contributed by atoms with Gasteiger partial charge in [-0.25, -0.2) is 4.98 Å². The Morgan fingerprint density at radius 2 is 2.24 bits per heavy atom. The fourth-order valence-corrected chi connectivity index (χ4v) is 3.45. The summed E-state index contributed by atoms with van der Waals surface area (Å²) in [7, 11) is 0. The van der Waals surface area contributed by atoms with E-state index in [1.165, 1.54) is 6.20 Å². The van der Waals surface area contributed by atoms with E-state index in [2.05, 4.69) is 37.4 Å². The first-order chi connectivity index (χ1) is 14.2. The van der Waals surface area contributed by atoms with Crippen molar-refractivity contribution in [3.63, 3.8) is 0 Å². The standard InChI is InChI=1S/C20H24N6O3/c1-2-22-20-23-6-5-18(25-20)26-8-7-21-12-15(26)10-19(27)24-11-14-3-4-16-17(9-14)29-13-28-16/h2-6,9,15,21H,1,7-8,10-13H2,(H,24,27)(H,22,23,25). The SMILES string of the molecule is C=CNc1nccc(N2CCNCC2CC(=O)NCc2ccc3c(c2)OCO3)n1. The third-order valence-corrected chi connectivity index (χ3v) is 4.86. The Balaban J connectivity index is 1.37. The molecule has 1 aromatic carbocycles. The molecule has 1 fully saturated rings. The zero-order valence-corrected chi connectivity index (χ0v) is 16.1. The van der Waals surface area contributed by atoms with Crippen LogP contribution in [0.3, 0.4) is 0 Å². The van der Waals surface area contributed by atoms with Gasteiger partial charge in [-0.2, -0.15) is 4.98 Å². The minimum Gasteiger partial charge on any atom is -0.454 e. The van der Waals surface area contributed by atoms with Crippen LogP contribution in [-0.2, 0) is 11.3 Å². The van der Waals surface area contributed by atoms with E-state index < -0.39 is 0 Å². The van der Waals surface area contributed by atoms with Gasteiger partial charge in [0.25, 0.3) is 0 Å². The van der Waals surface area contributed by atoms with E-state index in [9.17, 15) is 4.79 Å². The van der Waals surface area contributed by atoms with Gasteiger partial charge in [-0.3, -0.25) is 4.79 Å². The molecule has 0 saturated carbocycles. The third kappa shape index (κ3) is 4.57. The molecule has 2 aromatic rings. The first-order valence-corrected chi connectivity index (χ1v) is 9.56. The van der Waals surface area contributed by atoms with Gasteiger partial charge in [-0.1, -0.05) is 12.6 Å². The van der Waals surface area contributed by atoms with Gasteiger partial charge in [0.1, 0.15) is 5.82 Å². The summed E-state index contributed by atoms with van der Waals surface area (Å²) in [6.45, 7) is 6.63. The van der Waals surface area contributed by atoms with Crippen molar-refractivity contribution < 1.29 is 14.3 Å². The van der Waals surface area contributed by atoms with Crippen molar-refractivity contribution >= 4 is 17.7 Å². The molecule has 3 heterocycles. The number of nitrogens with zero attached hydrogens (tertiary/aromatic N) is 3. The minimum atomic E-state index is -0.0140. The summed E-state index contributed by atoms with van der Waals surface area (Å²) < 4.78 is 10.7. The molecule has 1 saturated heterocycles. The molecule has 152 valence electrons. The number of hydrogen-bond donors (Lipinski definition) is 3. The van der Waals surface area contributed by atoms with E-state index in [1.54, 1.807) is 6.20 Å². The highest BCUT2D eigenvalue weighted by molar-refractivity contribution is 5.77. The molecule has 2 aliphatic rings. The van der Waals surface area contributed by atoms with Crippen LogP contribution in [0, 0.1) is 0 Å². The Morgan fingerprint density at radius 1 is 1.34 bits per heavy atom. The van der Waals surface area contributed by atoms with Gasteiger partial charge in [-0.05, 0) is 30.0 Å². The summed E-state index contributed by atoms with van der Waals surface area (Å²) in [5, 5.41) is 9.25. The predicted molar refractivity (Wildman–Crippen MR) is 109 cm³/mol. The number of carbonyl (C=O) groups excluding carboxylic acids is 1. The van der Waals surface area contributed by atoms with Gasteiger partial charge in [-0.15, -0.1) is 0 Å². The van der Waals surface area contributed by atoms with Crippen molar-refractivity contribution in [2.45, 2.75) is 19.0 Å². The van der Waals surface area contributed by atoms with Crippen LogP contribution in [0.15, 0.2) is 43.2 Å². The molecule has 9 nitrogen and oxygen atoms in total. The minimum absolute atomic E-state index is 0.00647. The lowest BCUT2D eigenvalue weighted by Gasteiger charge is -2.36. The van der Waals surface area contributed by atoms with Crippen molar-refractivity contribution in [1.29, 1.82) is 0 Å². The number of amides is 1. The number of benzene rings is 1. The molecule has 29 heavy (non-hydrogen) atoms. The van der Waals surface area contributed by atoms with Gasteiger partial charge in [0.2, 0.25) is 18.6 Å². The van der Waals surface area contributed by atoms with Crippen LogP contribution in [0.25, 0.3) is 0 Å². The third-order valence-electron chi connectivity index (χ3n) is 4.86. The fraction of sp³-hybridized carbons (Fsp3) is 0.350. The van der Waals surface area contributed by atoms with Crippen molar-refractivity contribution in [2.75, 3.05) is 36.6 Å². The summed E-state index contributed by atoms with van der Waals surface area (Å²) in [5.74, 6) is 2.72. The molecule has 0 radical (unpaired) electrons. The smallest absolute Gasteiger partial charge is 0.231 e. The fourth-order valence-electron chi connectivity index (χ4n) is 3.45. The number of ether oxygens (including phenoxy) is 2. The Kier molecular flexibility index (Phi) is 5.76. The molecule has 4 rings (SSSR count). The molecule has 1 aromatic heterocycles. The number of hydrogen-bond acceptors (Lipinski definition) is 8. The first-order valence-electron chi connectivity index (χ1n) is 9.56. The summed E-state index contributed by atoms with van der Waals surface area (Å²) in [4.78, 5) is 23.4. The van der Waals surface area contributed by atoms with Crippen LogP contribution in [0.5, 0.6) is 11.5 Å². The van der Waals surface area contributed by atoms with Crippen molar-refractivity contribution in [2.24, 2.45) is 0 Å². The normalized spacial score (nSPS) is 17.7. The van der Waals surface area contributed by atoms with Gasteiger partial charge >= 0.3 is 0 Å². The van der Waals surface area contributed by atoms with Crippen LogP contribution in [0.1, 0.15) is 12.0 Å².